The molecule has 0 spiro atoms. The zero-order valence-electron chi connectivity index (χ0n) is 11.2. The molecule has 18 heavy (non-hydrogen) atoms. The maximum Gasteiger partial charge on any atom is 0.412 e. The summed E-state index contributed by atoms with van der Waals surface area (Å²) in [4.78, 5) is 15.4. The second-order valence-corrected chi connectivity index (χ2v) is 5.24. The highest BCUT2D eigenvalue weighted by Crippen LogP contribution is 2.22. The first-order chi connectivity index (χ1) is 8.28. The number of anilines is 1. The topological polar surface area (TPSA) is 51.2 Å². The van der Waals surface area contributed by atoms with E-state index in [1.165, 1.54) is 0 Å². The summed E-state index contributed by atoms with van der Waals surface area (Å²) < 4.78 is 5.56. The molecule has 0 atom stereocenters. The molecule has 1 rings (SSSR count). The van der Waals surface area contributed by atoms with E-state index in [2.05, 4.69) is 26.2 Å². The number of nitrogens with zero attached hydrogens (tertiary/aromatic N) is 1. The first kappa shape index (κ1) is 17.2. The number of carbonyl (C=O) groups is 1. The molecule has 0 saturated carbocycles. The van der Waals surface area contributed by atoms with E-state index >= 15 is 0 Å². The Bertz CT molecular complexity index is 406. The number of hydrogen-bond acceptors (Lipinski definition) is 3. The molecule has 0 radical (unpaired) electrons. The van der Waals surface area contributed by atoms with Crippen molar-refractivity contribution >= 4 is 39.3 Å². The molecule has 0 unspecified atom stereocenters. The molecule has 0 fully saturated rings. The predicted octanol–water partition coefficient (Wildman–Crippen LogP) is 4.87. The molecule has 102 valence electrons. The van der Waals surface area contributed by atoms with Gasteiger partial charge < -0.3 is 4.74 Å². The minimum absolute atomic E-state index is 0.349. The van der Waals surface area contributed by atoms with Crippen LogP contribution < -0.4 is 5.32 Å². The third kappa shape index (κ3) is 6.81. The lowest BCUT2D eigenvalue weighted by Crippen LogP contribution is -2.27. The molecule has 0 aliphatic carbocycles. The SMILES string of the molecule is CC.CC(C)(C)OC(=O)Nc1ccc(Cl)nc1Br. The minimum atomic E-state index is -0.531. The van der Waals surface area contributed by atoms with Crippen molar-refractivity contribution in [3.05, 3.63) is 21.9 Å². The van der Waals surface area contributed by atoms with E-state index in [-0.39, 0.29) is 0 Å². The number of carbonyl (C=O) groups excluding carboxylic acids is 1. The molecule has 6 heteroatoms. The second-order valence-electron chi connectivity index (χ2n) is 4.10. The van der Waals surface area contributed by atoms with Crippen LogP contribution in [0.1, 0.15) is 34.6 Å². The number of halogens is 2. The summed E-state index contributed by atoms with van der Waals surface area (Å²) in [5.74, 6) is 0. The van der Waals surface area contributed by atoms with E-state index in [4.69, 9.17) is 16.3 Å². The Kier molecular flexibility index (Phi) is 7.25. The van der Waals surface area contributed by atoms with Crippen LogP contribution in [0.2, 0.25) is 5.15 Å². The van der Waals surface area contributed by atoms with Gasteiger partial charge in [0.15, 0.2) is 0 Å². The Morgan fingerprint density at radius 2 is 1.94 bits per heavy atom. The monoisotopic (exact) mass is 336 g/mol. The van der Waals surface area contributed by atoms with Gasteiger partial charge in [0, 0.05) is 0 Å². The summed E-state index contributed by atoms with van der Waals surface area (Å²) >= 11 is 8.86. The molecular weight excluding hydrogens is 320 g/mol. The normalized spacial score (nSPS) is 10.2. The van der Waals surface area contributed by atoms with Crippen LogP contribution in [0.5, 0.6) is 0 Å². The summed E-state index contributed by atoms with van der Waals surface area (Å²) in [7, 11) is 0. The minimum Gasteiger partial charge on any atom is -0.444 e. The highest BCUT2D eigenvalue weighted by molar-refractivity contribution is 9.10. The van der Waals surface area contributed by atoms with Gasteiger partial charge in [0.1, 0.15) is 15.4 Å². The number of pyridine rings is 1. The highest BCUT2D eigenvalue weighted by Gasteiger charge is 2.17. The molecule has 0 aromatic carbocycles. The van der Waals surface area contributed by atoms with Crippen LogP contribution in [0.25, 0.3) is 0 Å². The van der Waals surface area contributed by atoms with Crippen molar-refractivity contribution < 1.29 is 9.53 Å². The van der Waals surface area contributed by atoms with Gasteiger partial charge in [-0.1, -0.05) is 25.4 Å². The Hall–Kier alpha value is -0.810. The van der Waals surface area contributed by atoms with Crippen molar-refractivity contribution in [1.82, 2.24) is 4.98 Å². The molecule has 0 aliphatic rings. The third-order valence-corrected chi connectivity index (χ3v) is 2.27. The van der Waals surface area contributed by atoms with Crippen molar-refractivity contribution in [3.8, 4) is 0 Å². The van der Waals surface area contributed by atoms with Gasteiger partial charge in [-0.05, 0) is 48.8 Å². The first-order valence-electron chi connectivity index (χ1n) is 5.60. The molecule has 1 amide bonds. The van der Waals surface area contributed by atoms with Crippen LogP contribution in [0.4, 0.5) is 10.5 Å². The number of nitrogens with one attached hydrogen (secondary N) is 1. The Morgan fingerprint density at radius 1 is 1.39 bits per heavy atom. The molecule has 4 nitrogen and oxygen atoms in total. The summed E-state index contributed by atoms with van der Waals surface area (Å²) in [6, 6.07) is 3.22. The molecule has 0 bridgehead atoms. The molecule has 1 aromatic rings. The Morgan fingerprint density at radius 3 is 2.39 bits per heavy atom. The van der Waals surface area contributed by atoms with Crippen molar-refractivity contribution in [2.45, 2.75) is 40.2 Å². The van der Waals surface area contributed by atoms with Crippen molar-refractivity contribution in [1.29, 1.82) is 0 Å². The fourth-order valence-electron chi connectivity index (χ4n) is 0.919. The van der Waals surface area contributed by atoms with Gasteiger partial charge in [0.25, 0.3) is 0 Å². The first-order valence-corrected chi connectivity index (χ1v) is 6.77. The lowest BCUT2D eigenvalue weighted by molar-refractivity contribution is 0.0636. The van der Waals surface area contributed by atoms with Gasteiger partial charge in [-0.15, -0.1) is 0 Å². The van der Waals surface area contributed by atoms with E-state index in [0.717, 1.165) is 0 Å². The summed E-state index contributed by atoms with van der Waals surface area (Å²) in [5.41, 5.74) is -0.0187. The third-order valence-electron chi connectivity index (χ3n) is 1.45. The van der Waals surface area contributed by atoms with Crippen LogP contribution >= 0.6 is 27.5 Å². The molecular formula is C12H18BrClN2O2. The standard InChI is InChI=1S/C10H12BrClN2O2.C2H6/c1-10(2,3)16-9(15)13-6-4-5-7(12)14-8(6)11;1-2/h4-5H,1-3H3,(H,13,15);1-2H3. The Labute approximate surface area is 121 Å². The van der Waals surface area contributed by atoms with Gasteiger partial charge in [0.05, 0.1) is 5.69 Å². The molecule has 1 N–H and O–H groups in total. The van der Waals surface area contributed by atoms with E-state index in [1.807, 2.05) is 13.8 Å². The molecule has 0 aliphatic heterocycles. The fourth-order valence-corrected chi connectivity index (χ4v) is 1.59. The van der Waals surface area contributed by atoms with Gasteiger partial charge >= 0.3 is 6.09 Å². The maximum atomic E-state index is 11.5. The van der Waals surface area contributed by atoms with Crippen LogP contribution in [0.15, 0.2) is 16.7 Å². The van der Waals surface area contributed by atoms with Gasteiger partial charge in [0.2, 0.25) is 0 Å². The van der Waals surface area contributed by atoms with E-state index < -0.39 is 11.7 Å². The number of aromatic nitrogens is 1. The van der Waals surface area contributed by atoms with E-state index in [9.17, 15) is 4.79 Å². The van der Waals surface area contributed by atoms with E-state index in [0.29, 0.717) is 15.4 Å². The van der Waals surface area contributed by atoms with Crippen molar-refractivity contribution in [3.63, 3.8) is 0 Å². The van der Waals surface area contributed by atoms with Crippen LogP contribution in [0.3, 0.4) is 0 Å². The molecule has 1 heterocycles. The van der Waals surface area contributed by atoms with Crippen LogP contribution in [0, 0.1) is 0 Å². The van der Waals surface area contributed by atoms with Crippen molar-refractivity contribution in [2.24, 2.45) is 0 Å². The lowest BCUT2D eigenvalue weighted by Gasteiger charge is -2.19. The summed E-state index contributed by atoms with van der Waals surface area (Å²) in [6.07, 6.45) is -0.530. The predicted molar refractivity (Wildman–Crippen MR) is 78.2 cm³/mol. The quantitative estimate of drug-likeness (QED) is 0.744. The zero-order valence-corrected chi connectivity index (χ0v) is 13.5. The maximum absolute atomic E-state index is 11.5. The average molecular weight is 338 g/mol. The smallest absolute Gasteiger partial charge is 0.412 e. The zero-order chi connectivity index (χ0) is 14.3. The van der Waals surface area contributed by atoms with Crippen LogP contribution in [-0.2, 0) is 4.74 Å². The van der Waals surface area contributed by atoms with Gasteiger partial charge in [-0.3, -0.25) is 5.32 Å². The van der Waals surface area contributed by atoms with Crippen LogP contribution in [-0.4, -0.2) is 16.7 Å². The highest BCUT2D eigenvalue weighted by atomic mass is 79.9. The number of rotatable bonds is 1. The number of ether oxygens (including phenoxy) is 1. The Balaban J connectivity index is 0.00000137. The van der Waals surface area contributed by atoms with E-state index in [1.54, 1.807) is 32.9 Å². The largest absolute Gasteiger partial charge is 0.444 e. The van der Waals surface area contributed by atoms with Crippen molar-refractivity contribution in [2.75, 3.05) is 5.32 Å². The van der Waals surface area contributed by atoms with Gasteiger partial charge in [-0.2, -0.15) is 0 Å². The summed E-state index contributed by atoms with van der Waals surface area (Å²) in [5, 5.41) is 2.91. The van der Waals surface area contributed by atoms with Gasteiger partial charge in [-0.25, -0.2) is 9.78 Å². The molecule has 1 aromatic heterocycles. The number of hydrogen-bond donors (Lipinski definition) is 1. The fraction of sp³-hybridized carbons (Fsp3) is 0.500. The lowest BCUT2D eigenvalue weighted by atomic mass is 10.2. The summed E-state index contributed by atoms with van der Waals surface area (Å²) in [6.45, 7) is 9.38. The number of amides is 1. The average Bonchev–Trinajstić information content (AvgIpc) is 2.22. The molecule has 0 saturated heterocycles. The second kappa shape index (κ2) is 7.59.